The molecule has 0 unspecified atom stereocenters. The predicted octanol–water partition coefficient (Wildman–Crippen LogP) is 1.20. The highest BCUT2D eigenvalue weighted by molar-refractivity contribution is 7.88. The van der Waals surface area contributed by atoms with Gasteiger partial charge in [-0.15, -0.1) is 0 Å². The molecular formula is C15H24F2N4O3S. The fraction of sp³-hybridized carbons (Fsp3) is 0.533. The second-order valence-corrected chi connectivity index (χ2v) is 7.20. The van der Waals surface area contributed by atoms with Crippen molar-refractivity contribution < 1.29 is 21.9 Å². The molecule has 0 bridgehead atoms. The summed E-state index contributed by atoms with van der Waals surface area (Å²) in [6.45, 7) is 0.0349. The second kappa shape index (κ2) is 10.1. The molecule has 1 aromatic carbocycles. The number of nitrogens with zero attached hydrogens (tertiary/aromatic N) is 1. The standard InChI is InChI=1S/C15H24F2N4O3S/c1-11-5-6-13(24-14(16)17)12(9-11)10-20-15(18-2)19-7-4-8-21-25(3,22)23/h5-6,9,14,21H,4,7-8,10H2,1-3H3,(H2,18,19,20). The number of halogens is 2. The van der Waals surface area contributed by atoms with Crippen LogP contribution >= 0.6 is 0 Å². The summed E-state index contributed by atoms with van der Waals surface area (Å²) in [5.41, 5.74) is 1.51. The lowest BCUT2D eigenvalue weighted by Crippen LogP contribution is -2.38. The average Bonchev–Trinajstić information content (AvgIpc) is 2.50. The Balaban J connectivity index is 2.50. The first-order chi connectivity index (χ1) is 11.7. The maximum absolute atomic E-state index is 12.5. The fourth-order valence-corrected chi connectivity index (χ4v) is 2.52. The van der Waals surface area contributed by atoms with Crippen LogP contribution < -0.4 is 20.1 Å². The first kappa shape index (κ1) is 21.1. The number of hydrogen-bond acceptors (Lipinski definition) is 4. The third-order valence-corrected chi connectivity index (χ3v) is 3.84. The maximum Gasteiger partial charge on any atom is 0.387 e. The van der Waals surface area contributed by atoms with Gasteiger partial charge in [-0.2, -0.15) is 8.78 Å². The minimum atomic E-state index is -3.19. The quantitative estimate of drug-likeness (QED) is 0.341. The van der Waals surface area contributed by atoms with E-state index in [1.165, 1.54) is 6.07 Å². The van der Waals surface area contributed by atoms with Gasteiger partial charge in [-0.25, -0.2) is 13.1 Å². The Labute approximate surface area is 146 Å². The highest BCUT2D eigenvalue weighted by Gasteiger charge is 2.10. The van der Waals surface area contributed by atoms with Crippen molar-refractivity contribution in [1.82, 2.24) is 15.4 Å². The molecule has 25 heavy (non-hydrogen) atoms. The van der Waals surface area contributed by atoms with Crippen LogP contribution in [0.15, 0.2) is 23.2 Å². The molecule has 1 rings (SSSR count). The lowest BCUT2D eigenvalue weighted by molar-refractivity contribution is -0.0504. The monoisotopic (exact) mass is 378 g/mol. The Morgan fingerprint density at radius 2 is 2.00 bits per heavy atom. The molecule has 0 aromatic heterocycles. The summed E-state index contributed by atoms with van der Waals surface area (Å²) in [5.74, 6) is 0.588. The molecule has 0 aliphatic carbocycles. The molecule has 0 spiro atoms. The molecule has 0 heterocycles. The van der Waals surface area contributed by atoms with Gasteiger partial charge >= 0.3 is 6.61 Å². The molecule has 3 N–H and O–H groups in total. The summed E-state index contributed by atoms with van der Waals surface area (Å²) in [6, 6.07) is 4.96. The molecule has 0 aliphatic rings. The zero-order valence-corrected chi connectivity index (χ0v) is 15.3. The molecule has 0 saturated heterocycles. The van der Waals surface area contributed by atoms with Crippen LogP contribution in [0.1, 0.15) is 17.5 Å². The normalized spacial score (nSPS) is 12.3. The van der Waals surface area contributed by atoms with Crippen molar-refractivity contribution in [2.24, 2.45) is 4.99 Å². The largest absolute Gasteiger partial charge is 0.434 e. The third-order valence-electron chi connectivity index (χ3n) is 3.11. The van der Waals surface area contributed by atoms with E-state index in [0.29, 0.717) is 31.0 Å². The Bertz CT molecular complexity index is 681. The SMILES string of the molecule is CN=C(NCCCNS(C)(=O)=O)NCc1cc(C)ccc1OC(F)F. The topological polar surface area (TPSA) is 91.8 Å². The van der Waals surface area contributed by atoms with Crippen molar-refractivity contribution in [3.63, 3.8) is 0 Å². The lowest BCUT2D eigenvalue weighted by atomic mass is 10.1. The van der Waals surface area contributed by atoms with Gasteiger partial charge in [-0.1, -0.05) is 17.7 Å². The molecule has 0 fully saturated rings. The van der Waals surface area contributed by atoms with Crippen molar-refractivity contribution in [3.8, 4) is 5.75 Å². The number of guanidine groups is 1. The van der Waals surface area contributed by atoms with Gasteiger partial charge in [-0.3, -0.25) is 4.99 Å². The minimum Gasteiger partial charge on any atom is -0.434 e. The summed E-state index contributed by atoms with van der Waals surface area (Å²) in [6.07, 6.45) is 1.67. The van der Waals surface area contributed by atoms with Crippen LogP contribution in [0.4, 0.5) is 8.78 Å². The number of nitrogens with one attached hydrogen (secondary N) is 3. The summed E-state index contributed by atoms with van der Waals surface area (Å²) < 4.78 is 53.7. The lowest BCUT2D eigenvalue weighted by Gasteiger charge is -2.15. The van der Waals surface area contributed by atoms with Gasteiger partial charge in [0.05, 0.1) is 6.26 Å². The summed E-state index contributed by atoms with van der Waals surface area (Å²) in [5, 5.41) is 6.02. The first-order valence-electron chi connectivity index (χ1n) is 7.65. The molecule has 7 nitrogen and oxygen atoms in total. The second-order valence-electron chi connectivity index (χ2n) is 5.36. The number of benzene rings is 1. The van der Waals surface area contributed by atoms with E-state index < -0.39 is 16.6 Å². The predicted molar refractivity (Wildman–Crippen MR) is 93.5 cm³/mol. The highest BCUT2D eigenvalue weighted by atomic mass is 32.2. The van der Waals surface area contributed by atoms with Crippen molar-refractivity contribution in [2.75, 3.05) is 26.4 Å². The summed E-state index contributed by atoms with van der Waals surface area (Å²) in [7, 11) is -1.61. The Morgan fingerprint density at radius 1 is 1.28 bits per heavy atom. The van der Waals surface area contributed by atoms with Crippen molar-refractivity contribution in [1.29, 1.82) is 0 Å². The van der Waals surface area contributed by atoms with Crippen molar-refractivity contribution >= 4 is 16.0 Å². The molecule has 0 amide bonds. The van der Waals surface area contributed by atoms with Gasteiger partial charge in [0.1, 0.15) is 5.75 Å². The molecule has 142 valence electrons. The number of sulfonamides is 1. The molecule has 0 saturated carbocycles. The Hall–Kier alpha value is -1.94. The summed E-state index contributed by atoms with van der Waals surface area (Å²) >= 11 is 0. The molecule has 0 aliphatic heterocycles. The van der Waals surface area contributed by atoms with Crippen LogP contribution in [0.2, 0.25) is 0 Å². The van der Waals surface area contributed by atoms with E-state index >= 15 is 0 Å². The van der Waals surface area contributed by atoms with E-state index in [1.807, 2.05) is 6.92 Å². The highest BCUT2D eigenvalue weighted by Crippen LogP contribution is 2.21. The van der Waals surface area contributed by atoms with Gasteiger partial charge in [-0.05, 0) is 19.4 Å². The van der Waals surface area contributed by atoms with Gasteiger partial charge in [0, 0.05) is 32.2 Å². The zero-order valence-electron chi connectivity index (χ0n) is 14.5. The zero-order chi connectivity index (χ0) is 18.9. The van der Waals surface area contributed by atoms with Gasteiger partial charge < -0.3 is 15.4 Å². The average molecular weight is 378 g/mol. The van der Waals surface area contributed by atoms with Crippen molar-refractivity contribution in [3.05, 3.63) is 29.3 Å². The van der Waals surface area contributed by atoms with Crippen LogP contribution in [-0.4, -0.2) is 47.4 Å². The van der Waals surface area contributed by atoms with Gasteiger partial charge in [0.25, 0.3) is 0 Å². The van der Waals surface area contributed by atoms with E-state index in [2.05, 4.69) is 25.1 Å². The first-order valence-corrected chi connectivity index (χ1v) is 9.54. The summed E-state index contributed by atoms with van der Waals surface area (Å²) in [4.78, 5) is 4.03. The van der Waals surface area contributed by atoms with Crippen LogP contribution in [0.25, 0.3) is 0 Å². The van der Waals surface area contributed by atoms with E-state index in [9.17, 15) is 17.2 Å². The third kappa shape index (κ3) is 9.20. The van der Waals surface area contributed by atoms with Gasteiger partial charge in [0.15, 0.2) is 5.96 Å². The van der Waals surface area contributed by atoms with E-state index in [4.69, 9.17) is 0 Å². The number of rotatable bonds is 9. The fourth-order valence-electron chi connectivity index (χ4n) is 2.01. The molecule has 1 aromatic rings. The van der Waals surface area contributed by atoms with Crippen LogP contribution in [0, 0.1) is 6.92 Å². The Kier molecular flexibility index (Phi) is 8.56. The van der Waals surface area contributed by atoms with E-state index in [0.717, 1.165) is 11.8 Å². The molecular weight excluding hydrogens is 354 g/mol. The van der Waals surface area contributed by atoms with Crippen LogP contribution in [-0.2, 0) is 16.6 Å². The maximum atomic E-state index is 12.5. The van der Waals surface area contributed by atoms with Crippen LogP contribution in [0.5, 0.6) is 5.75 Å². The smallest absolute Gasteiger partial charge is 0.387 e. The van der Waals surface area contributed by atoms with E-state index in [1.54, 1.807) is 19.2 Å². The number of aryl methyl sites for hydroxylation is 1. The molecule has 0 atom stereocenters. The molecule has 0 radical (unpaired) electrons. The minimum absolute atomic E-state index is 0.112. The number of hydrogen-bond donors (Lipinski definition) is 3. The van der Waals surface area contributed by atoms with Gasteiger partial charge in [0.2, 0.25) is 10.0 Å². The van der Waals surface area contributed by atoms with E-state index in [-0.39, 0.29) is 12.3 Å². The number of ether oxygens (including phenoxy) is 1. The molecule has 10 heteroatoms. The van der Waals surface area contributed by atoms with Crippen molar-refractivity contribution in [2.45, 2.75) is 26.5 Å². The number of alkyl halides is 2. The number of aliphatic imine (C=N–C) groups is 1. The van der Waals surface area contributed by atoms with Crippen LogP contribution in [0.3, 0.4) is 0 Å². The Morgan fingerprint density at radius 3 is 2.60 bits per heavy atom.